The number of para-hydroxylation sites is 3. The lowest BCUT2D eigenvalue weighted by molar-refractivity contribution is -0.124. The van der Waals surface area contributed by atoms with Gasteiger partial charge in [-0.1, -0.05) is 24.3 Å². The Morgan fingerprint density at radius 3 is 2.85 bits per heavy atom. The molecule has 6 nitrogen and oxygen atoms in total. The lowest BCUT2D eigenvalue weighted by Crippen LogP contribution is -2.35. The molecule has 0 saturated heterocycles. The van der Waals surface area contributed by atoms with E-state index in [9.17, 15) is 9.59 Å². The minimum atomic E-state index is -0.426. The second kappa shape index (κ2) is 7.44. The number of nitrogens with one attached hydrogen (secondary N) is 2. The highest BCUT2D eigenvalue weighted by atomic mass is 32.2. The van der Waals surface area contributed by atoms with Crippen LogP contribution in [-0.4, -0.2) is 26.6 Å². The third-order valence-corrected chi connectivity index (χ3v) is 5.85. The van der Waals surface area contributed by atoms with E-state index in [1.807, 2.05) is 48.5 Å². The zero-order valence-electron chi connectivity index (χ0n) is 14.9. The third-order valence-electron chi connectivity index (χ3n) is 4.57. The summed E-state index contributed by atoms with van der Waals surface area (Å²) in [6.07, 6.45) is 0.136. The first-order chi connectivity index (χ1) is 13.2. The summed E-state index contributed by atoms with van der Waals surface area (Å²) < 4.78 is 2.09. The molecule has 1 aliphatic rings. The Morgan fingerprint density at radius 1 is 1.22 bits per heavy atom. The maximum atomic E-state index is 12.4. The van der Waals surface area contributed by atoms with Gasteiger partial charge >= 0.3 is 0 Å². The summed E-state index contributed by atoms with van der Waals surface area (Å²) in [4.78, 5) is 30.3. The molecular weight excluding hydrogens is 360 g/mol. The van der Waals surface area contributed by atoms with E-state index in [0.29, 0.717) is 6.54 Å². The molecule has 7 heteroatoms. The van der Waals surface area contributed by atoms with Gasteiger partial charge < -0.3 is 15.2 Å². The first kappa shape index (κ1) is 17.6. The summed E-state index contributed by atoms with van der Waals surface area (Å²) in [5, 5.41) is 5.35. The first-order valence-electron chi connectivity index (χ1n) is 8.93. The number of aryl methyl sites for hydroxylation is 1. The molecule has 1 unspecified atom stereocenters. The van der Waals surface area contributed by atoms with Crippen molar-refractivity contribution < 1.29 is 9.59 Å². The van der Waals surface area contributed by atoms with Crippen LogP contribution in [0, 0.1) is 0 Å². The van der Waals surface area contributed by atoms with Crippen LogP contribution in [0.15, 0.2) is 53.4 Å². The van der Waals surface area contributed by atoms with Crippen molar-refractivity contribution in [3.63, 3.8) is 0 Å². The molecule has 2 aromatic carbocycles. The summed E-state index contributed by atoms with van der Waals surface area (Å²) in [6, 6.07) is 15.6. The van der Waals surface area contributed by atoms with E-state index in [2.05, 4.69) is 27.1 Å². The largest absolute Gasteiger partial charge is 0.349 e. The molecule has 1 aliphatic heterocycles. The van der Waals surface area contributed by atoms with Crippen LogP contribution in [0.25, 0.3) is 11.0 Å². The molecule has 2 N–H and O–H groups in total. The number of imidazole rings is 1. The molecule has 0 saturated carbocycles. The van der Waals surface area contributed by atoms with Gasteiger partial charge in [-0.25, -0.2) is 4.98 Å². The number of thioether (sulfide) groups is 1. The van der Waals surface area contributed by atoms with Crippen LogP contribution < -0.4 is 10.6 Å². The molecule has 27 heavy (non-hydrogen) atoms. The van der Waals surface area contributed by atoms with E-state index in [-0.39, 0.29) is 18.2 Å². The van der Waals surface area contributed by atoms with Crippen molar-refractivity contribution in [2.75, 3.05) is 5.32 Å². The summed E-state index contributed by atoms with van der Waals surface area (Å²) in [5.41, 5.74) is 2.78. The molecule has 0 bridgehead atoms. The second-order valence-corrected chi connectivity index (χ2v) is 7.58. The average molecular weight is 380 g/mol. The number of hydrogen-bond donors (Lipinski definition) is 2. The van der Waals surface area contributed by atoms with Crippen LogP contribution >= 0.6 is 11.8 Å². The Kier molecular flexibility index (Phi) is 4.85. The van der Waals surface area contributed by atoms with Crippen molar-refractivity contribution in [3.8, 4) is 0 Å². The van der Waals surface area contributed by atoms with E-state index < -0.39 is 5.25 Å². The molecule has 2 heterocycles. The number of rotatable bonds is 5. The van der Waals surface area contributed by atoms with Crippen LogP contribution in [0.5, 0.6) is 0 Å². The van der Waals surface area contributed by atoms with E-state index >= 15 is 0 Å². The Labute approximate surface area is 161 Å². The van der Waals surface area contributed by atoms with Crippen LogP contribution in [0.2, 0.25) is 0 Å². The van der Waals surface area contributed by atoms with E-state index in [4.69, 9.17) is 0 Å². The fourth-order valence-corrected chi connectivity index (χ4v) is 4.37. The molecule has 138 valence electrons. The van der Waals surface area contributed by atoms with Crippen LogP contribution in [0.4, 0.5) is 5.69 Å². The van der Waals surface area contributed by atoms with Crippen LogP contribution in [0.3, 0.4) is 0 Å². The maximum Gasteiger partial charge on any atom is 0.238 e. The van der Waals surface area contributed by atoms with Gasteiger partial charge in [-0.3, -0.25) is 9.59 Å². The Bertz CT molecular complexity index is 1010. The van der Waals surface area contributed by atoms with E-state index in [1.54, 1.807) is 0 Å². The number of anilines is 1. The predicted molar refractivity (Wildman–Crippen MR) is 107 cm³/mol. The van der Waals surface area contributed by atoms with Crippen molar-refractivity contribution in [1.29, 1.82) is 0 Å². The first-order valence-corrected chi connectivity index (χ1v) is 9.81. The number of amides is 2. The average Bonchev–Trinajstić information content (AvgIpc) is 3.04. The van der Waals surface area contributed by atoms with Crippen molar-refractivity contribution in [2.24, 2.45) is 0 Å². The summed E-state index contributed by atoms with van der Waals surface area (Å²) in [7, 11) is 0. The molecule has 1 atom stereocenters. The summed E-state index contributed by atoms with van der Waals surface area (Å²) in [5.74, 6) is 0.532. The number of benzene rings is 2. The minimum absolute atomic E-state index is 0.130. The lowest BCUT2D eigenvalue weighted by Gasteiger charge is -2.23. The summed E-state index contributed by atoms with van der Waals surface area (Å²) >= 11 is 1.43. The Hall–Kier alpha value is -2.80. The molecule has 2 amide bonds. The van der Waals surface area contributed by atoms with Crippen molar-refractivity contribution >= 4 is 40.3 Å². The Morgan fingerprint density at radius 2 is 2.00 bits per heavy atom. The molecular formula is C20H20N4O2S. The monoisotopic (exact) mass is 380 g/mol. The summed E-state index contributed by atoms with van der Waals surface area (Å²) in [6.45, 7) is 3.18. The minimum Gasteiger partial charge on any atom is -0.349 e. The van der Waals surface area contributed by atoms with Gasteiger partial charge in [-0.15, -0.1) is 11.8 Å². The highest BCUT2D eigenvalue weighted by Gasteiger charge is 2.28. The van der Waals surface area contributed by atoms with Crippen molar-refractivity contribution in [1.82, 2.24) is 14.9 Å². The lowest BCUT2D eigenvalue weighted by atomic mass is 10.2. The third kappa shape index (κ3) is 3.55. The fraction of sp³-hybridized carbons (Fsp3) is 0.250. The molecule has 1 aromatic heterocycles. The second-order valence-electron chi connectivity index (χ2n) is 6.33. The predicted octanol–water partition coefficient (Wildman–Crippen LogP) is 3.18. The SMILES string of the molecule is CCn1c(CNC(=O)CC2Sc3ccccc3NC2=O)nc2ccccc21. The smallest absolute Gasteiger partial charge is 0.238 e. The number of aromatic nitrogens is 2. The number of fused-ring (bicyclic) bond motifs is 2. The van der Waals surface area contributed by atoms with Gasteiger partial charge in [-0.05, 0) is 31.2 Å². The molecule has 0 spiro atoms. The van der Waals surface area contributed by atoms with Crippen LogP contribution in [0.1, 0.15) is 19.2 Å². The van der Waals surface area contributed by atoms with Gasteiger partial charge in [0.15, 0.2) is 0 Å². The van der Waals surface area contributed by atoms with E-state index in [1.165, 1.54) is 11.8 Å². The van der Waals surface area contributed by atoms with Crippen molar-refractivity contribution in [3.05, 3.63) is 54.4 Å². The number of carbonyl (C=O) groups is 2. The topological polar surface area (TPSA) is 76.0 Å². The van der Waals surface area contributed by atoms with Gasteiger partial charge in [0.2, 0.25) is 11.8 Å². The standard InChI is InChI=1S/C20H20N4O2S/c1-2-24-15-9-5-3-7-13(15)22-18(24)12-21-19(25)11-17-20(26)23-14-8-4-6-10-16(14)27-17/h3-10,17H,2,11-12H2,1H3,(H,21,25)(H,23,26). The van der Waals surface area contributed by atoms with Gasteiger partial charge in [0.1, 0.15) is 5.82 Å². The normalized spacial score (nSPS) is 16.0. The van der Waals surface area contributed by atoms with Crippen molar-refractivity contribution in [2.45, 2.75) is 36.6 Å². The van der Waals surface area contributed by atoms with Gasteiger partial charge in [0, 0.05) is 17.9 Å². The maximum absolute atomic E-state index is 12.4. The van der Waals surface area contributed by atoms with Crippen LogP contribution in [-0.2, 0) is 22.7 Å². The zero-order valence-corrected chi connectivity index (χ0v) is 15.8. The highest BCUT2D eigenvalue weighted by molar-refractivity contribution is 8.01. The van der Waals surface area contributed by atoms with Gasteiger partial charge in [0.25, 0.3) is 0 Å². The molecule has 4 rings (SSSR count). The zero-order chi connectivity index (χ0) is 18.8. The van der Waals surface area contributed by atoms with E-state index in [0.717, 1.165) is 34.0 Å². The molecule has 0 fully saturated rings. The highest BCUT2D eigenvalue weighted by Crippen LogP contribution is 2.36. The number of hydrogen-bond acceptors (Lipinski definition) is 4. The van der Waals surface area contributed by atoms with Gasteiger partial charge in [0.05, 0.1) is 28.5 Å². The molecule has 0 aliphatic carbocycles. The number of nitrogens with zero attached hydrogens (tertiary/aromatic N) is 2. The Balaban J connectivity index is 1.41. The molecule has 3 aromatic rings. The molecule has 0 radical (unpaired) electrons. The van der Waals surface area contributed by atoms with Gasteiger partial charge in [-0.2, -0.15) is 0 Å². The quantitative estimate of drug-likeness (QED) is 0.713. The fourth-order valence-electron chi connectivity index (χ4n) is 3.26. The number of carbonyl (C=O) groups excluding carboxylic acids is 2.